The molecule has 0 bridgehead atoms. The van der Waals surface area contributed by atoms with Gasteiger partial charge in [-0.15, -0.1) is 0 Å². The molecule has 1 aliphatic heterocycles. The van der Waals surface area contributed by atoms with Crippen molar-refractivity contribution in [1.29, 1.82) is 0 Å². The molecule has 0 saturated carbocycles. The molecule has 122 valence electrons. The number of ether oxygens (including phenoxy) is 1. The normalized spacial score (nSPS) is 16.5. The van der Waals surface area contributed by atoms with Crippen molar-refractivity contribution < 1.29 is 17.9 Å². The maximum Gasteiger partial charge on any atom is 0.409 e. The summed E-state index contributed by atoms with van der Waals surface area (Å²) in [5, 5.41) is 5.07. The van der Waals surface area contributed by atoms with Crippen LogP contribution in [0.5, 0.6) is 0 Å². The van der Waals surface area contributed by atoms with Crippen LogP contribution in [0.2, 0.25) is 0 Å². The van der Waals surface area contributed by atoms with Gasteiger partial charge in [0, 0.05) is 32.7 Å². The summed E-state index contributed by atoms with van der Waals surface area (Å²) < 4.78 is 27.1. The van der Waals surface area contributed by atoms with Crippen LogP contribution >= 0.6 is 0 Å². The first-order valence-electron chi connectivity index (χ1n) is 7.07. The van der Waals surface area contributed by atoms with Gasteiger partial charge in [0.25, 0.3) is 0 Å². The lowest BCUT2D eigenvalue weighted by Gasteiger charge is -2.33. The van der Waals surface area contributed by atoms with E-state index in [0.29, 0.717) is 13.1 Å². The Morgan fingerprint density at radius 2 is 1.77 bits per heavy atom. The summed E-state index contributed by atoms with van der Waals surface area (Å²) in [5.74, 6) is 0. The van der Waals surface area contributed by atoms with Gasteiger partial charge in [0.2, 0.25) is 10.0 Å². The Kier molecular flexibility index (Phi) is 5.38. The van der Waals surface area contributed by atoms with Gasteiger partial charge in [-0.25, -0.2) is 18.4 Å². The first kappa shape index (κ1) is 16.7. The van der Waals surface area contributed by atoms with Gasteiger partial charge in [-0.05, 0) is 24.1 Å². The smallest absolute Gasteiger partial charge is 0.409 e. The highest BCUT2D eigenvalue weighted by atomic mass is 32.2. The van der Waals surface area contributed by atoms with E-state index in [1.807, 2.05) is 0 Å². The van der Waals surface area contributed by atoms with Crippen LogP contribution in [-0.2, 0) is 21.2 Å². The van der Waals surface area contributed by atoms with Crippen molar-refractivity contribution in [1.82, 2.24) is 9.80 Å². The zero-order valence-electron chi connectivity index (χ0n) is 12.6. The third-order valence-electron chi connectivity index (χ3n) is 3.77. The molecule has 8 heteroatoms. The topological polar surface area (TPSA) is 92.9 Å². The number of methoxy groups -OCH3 is 1. The Morgan fingerprint density at radius 3 is 2.27 bits per heavy atom. The molecule has 2 rings (SSSR count). The van der Waals surface area contributed by atoms with E-state index in [2.05, 4.69) is 4.90 Å². The molecule has 0 spiro atoms. The molecule has 0 radical (unpaired) electrons. The highest BCUT2D eigenvalue weighted by Crippen LogP contribution is 2.10. The van der Waals surface area contributed by atoms with Gasteiger partial charge in [-0.3, -0.25) is 4.90 Å². The summed E-state index contributed by atoms with van der Waals surface area (Å²) in [4.78, 5) is 15.5. The van der Waals surface area contributed by atoms with Crippen molar-refractivity contribution in [3.8, 4) is 0 Å². The molecule has 2 N–H and O–H groups in total. The molecule has 1 saturated heterocycles. The number of amides is 1. The van der Waals surface area contributed by atoms with Crippen molar-refractivity contribution in [3.05, 3.63) is 29.8 Å². The average molecular weight is 327 g/mol. The monoisotopic (exact) mass is 327 g/mol. The number of primary sulfonamides is 1. The molecule has 1 aromatic rings. The van der Waals surface area contributed by atoms with Crippen LogP contribution < -0.4 is 5.14 Å². The molecule has 0 aromatic heterocycles. The first-order chi connectivity index (χ1) is 10.4. The Hall–Kier alpha value is -1.64. The zero-order valence-corrected chi connectivity index (χ0v) is 13.4. The fourth-order valence-electron chi connectivity index (χ4n) is 2.42. The molecule has 1 heterocycles. The fourth-order valence-corrected chi connectivity index (χ4v) is 2.93. The molecule has 0 unspecified atom stereocenters. The van der Waals surface area contributed by atoms with E-state index in [9.17, 15) is 13.2 Å². The first-order valence-corrected chi connectivity index (χ1v) is 8.62. The van der Waals surface area contributed by atoms with Crippen LogP contribution in [0.3, 0.4) is 0 Å². The predicted molar refractivity (Wildman–Crippen MR) is 81.9 cm³/mol. The highest BCUT2D eigenvalue weighted by Gasteiger charge is 2.21. The third kappa shape index (κ3) is 4.43. The van der Waals surface area contributed by atoms with E-state index in [-0.39, 0.29) is 11.0 Å². The van der Waals surface area contributed by atoms with Gasteiger partial charge in [-0.2, -0.15) is 0 Å². The van der Waals surface area contributed by atoms with Crippen LogP contribution in [0.1, 0.15) is 5.56 Å². The van der Waals surface area contributed by atoms with Gasteiger partial charge in [0.1, 0.15) is 0 Å². The lowest BCUT2D eigenvalue weighted by atomic mass is 10.1. The largest absolute Gasteiger partial charge is 0.453 e. The van der Waals surface area contributed by atoms with Crippen molar-refractivity contribution >= 4 is 16.1 Å². The molecular weight excluding hydrogens is 306 g/mol. The molecule has 1 aliphatic rings. The Morgan fingerprint density at radius 1 is 1.18 bits per heavy atom. The molecule has 0 aliphatic carbocycles. The van der Waals surface area contributed by atoms with Crippen LogP contribution in [0.15, 0.2) is 29.2 Å². The van der Waals surface area contributed by atoms with E-state index < -0.39 is 10.0 Å². The van der Waals surface area contributed by atoms with Crippen molar-refractivity contribution in [2.75, 3.05) is 39.8 Å². The summed E-state index contributed by atoms with van der Waals surface area (Å²) >= 11 is 0. The zero-order chi connectivity index (χ0) is 16.2. The number of hydrogen-bond donors (Lipinski definition) is 1. The van der Waals surface area contributed by atoms with Crippen LogP contribution in [0.4, 0.5) is 4.79 Å². The van der Waals surface area contributed by atoms with Gasteiger partial charge in [0.05, 0.1) is 12.0 Å². The number of carbonyl (C=O) groups is 1. The molecule has 1 amide bonds. The van der Waals surface area contributed by atoms with E-state index in [1.165, 1.54) is 19.2 Å². The lowest BCUT2D eigenvalue weighted by molar-refractivity contribution is 0.0914. The average Bonchev–Trinajstić information content (AvgIpc) is 2.52. The van der Waals surface area contributed by atoms with Crippen molar-refractivity contribution in [2.45, 2.75) is 11.3 Å². The number of carbonyl (C=O) groups excluding carboxylic acids is 1. The standard InChI is InChI=1S/C14H21N3O4S/c1-21-14(18)17-10-8-16(9-11-17)7-6-12-2-4-13(5-3-12)22(15,19)20/h2-5H,6-11H2,1H3,(H2,15,19,20). The van der Waals surface area contributed by atoms with E-state index in [4.69, 9.17) is 9.88 Å². The molecule has 1 fully saturated rings. The number of sulfonamides is 1. The second kappa shape index (κ2) is 7.08. The third-order valence-corrected chi connectivity index (χ3v) is 4.70. The summed E-state index contributed by atoms with van der Waals surface area (Å²) in [6, 6.07) is 6.62. The molecular formula is C14H21N3O4S. The van der Waals surface area contributed by atoms with E-state index in [1.54, 1.807) is 17.0 Å². The summed E-state index contributed by atoms with van der Waals surface area (Å²) in [6.07, 6.45) is 0.543. The maximum atomic E-state index is 11.4. The Bertz CT molecular complexity index is 607. The second-order valence-electron chi connectivity index (χ2n) is 5.24. The molecule has 22 heavy (non-hydrogen) atoms. The van der Waals surface area contributed by atoms with Gasteiger partial charge in [0.15, 0.2) is 0 Å². The molecule has 1 aromatic carbocycles. The van der Waals surface area contributed by atoms with E-state index >= 15 is 0 Å². The van der Waals surface area contributed by atoms with Crippen LogP contribution in [0.25, 0.3) is 0 Å². The van der Waals surface area contributed by atoms with Crippen LogP contribution in [0, 0.1) is 0 Å². The summed E-state index contributed by atoms with van der Waals surface area (Å²) in [7, 11) is -2.24. The number of rotatable bonds is 4. The van der Waals surface area contributed by atoms with Gasteiger partial charge in [-0.1, -0.05) is 12.1 Å². The number of piperazine rings is 1. The Balaban J connectivity index is 1.81. The SMILES string of the molecule is COC(=O)N1CCN(CCc2ccc(S(N)(=O)=O)cc2)CC1. The summed E-state index contributed by atoms with van der Waals surface area (Å²) in [6.45, 7) is 3.81. The van der Waals surface area contributed by atoms with Gasteiger partial charge >= 0.3 is 6.09 Å². The minimum absolute atomic E-state index is 0.128. The quantitative estimate of drug-likeness (QED) is 0.856. The van der Waals surface area contributed by atoms with Crippen molar-refractivity contribution in [3.63, 3.8) is 0 Å². The summed E-state index contributed by atoms with van der Waals surface area (Å²) in [5.41, 5.74) is 1.06. The number of benzene rings is 1. The number of nitrogens with two attached hydrogens (primary N) is 1. The molecule has 7 nitrogen and oxygen atoms in total. The second-order valence-corrected chi connectivity index (χ2v) is 6.80. The maximum absolute atomic E-state index is 11.4. The van der Waals surface area contributed by atoms with Crippen LogP contribution in [-0.4, -0.2) is 64.1 Å². The minimum Gasteiger partial charge on any atom is -0.453 e. The van der Waals surface area contributed by atoms with E-state index in [0.717, 1.165) is 31.6 Å². The number of nitrogens with zero attached hydrogens (tertiary/aromatic N) is 2. The minimum atomic E-state index is -3.63. The lowest BCUT2D eigenvalue weighted by Crippen LogP contribution is -2.49. The van der Waals surface area contributed by atoms with Gasteiger partial charge < -0.3 is 9.64 Å². The number of hydrogen-bond acceptors (Lipinski definition) is 5. The fraction of sp³-hybridized carbons (Fsp3) is 0.500. The Labute approximate surface area is 130 Å². The highest BCUT2D eigenvalue weighted by molar-refractivity contribution is 7.89. The van der Waals surface area contributed by atoms with Crippen molar-refractivity contribution in [2.24, 2.45) is 5.14 Å². The predicted octanol–water partition coefficient (Wildman–Crippen LogP) is 0.261. The molecule has 0 atom stereocenters.